The highest BCUT2D eigenvalue weighted by Gasteiger charge is 2.25. The summed E-state index contributed by atoms with van der Waals surface area (Å²) in [6, 6.07) is 4.13. The highest BCUT2D eigenvalue weighted by molar-refractivity contribution is 7.09. The van der Waals surface area contributed by atoms with E-state index in [-0.39, 0.29) is 11.9 Å². The number of urea groups is 1. The molecule has 2 saturated heterocycles. The van der Waals surface area contributed by atoms with E-state index in [1.54, 1.807) is 11.3 Å². The SMILES string of the molecule is O=C(CN1CCN(C(=O)NCCc2cccs2)CC1)N1CCCC1. The van der Waals surface area contributed by atoms with Crippen LogP contribution in [0.25, 0.3) is 0 Å². The third-order valence-corrected chi connectivity index (χ3v) is 5.64. The van der Waals surface area contributed by atoms with Crippen LogP contribution in [-0.2, 0) is 11.2 Å². The number of amides is 3. The van der Waals surface area contributed by atoms with Gasteiger partial charge in [-0.2, -0.15) is 0 Å². The van der Waals surface area contributed by atoms with Crippen molar-refractivity contribution in [1.82, 2.24) is 20.0 Å². The van der Waals surface area contributed by atoms with Gasteiger partial charge in [-0.1, -0.05) is 6.07 Å². The lowest BCUT2D eigenvalue weighted by atomic mass is 10.3. The number of thiophene rings is 1. The molecule has 2 aliphatic rings. The van der Waals surface area contributed by atoms with E-state index in [1.165, 1.54) is 4.88 Å². The highest BCUT2D eigenvalue weighted by atomic mass is 32.1. The maximum absolute atomic E-state index is 12.2. The second-order valence-electron chi connectivity index (χ2n) is 6.41. The summed E-state index contributed by atoms with van der Waals surface area (Å²) in [7, 11) is 0. The summed E-state index contributed by atoms with van der Waals surface area (Å²) in [6.07, 6.45) is 3.14. The standard InChI is InChI=1S/C17H26N4O2S/c22-16(20-7-1-2-8-20)14-19-9-11-21(12-10-19)17(23)18-6-5-15-4-3-13-24-15/h3-4,13H,1-2,5-12,14H2,(H,18,23). The highest BCUT2D eigenvalue weighted by Crippen LogP contribution is 2.10. The Balaban J connectivity index is 1.33. The summed E-state index contributed by atoms with van der Waals surface area (Å²) >= 11 is 1.72. The van der Waals surface area contributed by atoms with Crippen LogP contribution in [0.15, 0.2) is 17.5 Å². The molecular weight excluding hydrogens is 324 g/mol. The molecule has 0 atom stereocenters. The van der Waals surface area contributed by atoms with Crippen molar-refractivity contribution >= 4 is 23.3 Å². The fraction of sp³-hybridized carbons (Fsp3) is 0.647. The first-order valence-corrected chi connectivity index (χ1v) is 9.65. The van der Waals surface area contributed by atoms with Gasteiger partial charge < -0.3 is 15.1 Å². The average molecular weight is 350 g/mol. The summed E-state index contributed by atoms with van der Waals surface area (Å²) in [4.78, 5) is 31.6. The molecule has 3 rings (SSSR count). The molecule has 2 fully saturated rings. The summed E-state index contributed by atoms with van der Waals surface area (Å²) in [5, 5.41) is 5.05. The Hall–Kier alpha value is -1.60. The van der Waals surface area contributed by atoms with Crippen molar-refractivity contribution in [3.8, 4) is 0 Å². The number of carbonyl (C=O) groups is 2. The lowest BCUT2D eigenvalue weighted by Gasteiger charge is -2.35. The molecule has 0 aromatic carbocycles. The van der Waals surface area contributed by atoms with E-state index in [4.69, 9.17) is 0 Å². The van der Waals surface area contributed by atoms with Crippen LogP contribution < -0.4 is 5.32 Å². The lowest BCUT2D eigenvalue weighted by molar-refractivity contribution is -0.131. The fourth-order valence-electron chi connectivity index (χ4n) is 3.23. The molecule has 0 radical (unpaired) electrons. The molecule has 7 heteroatoms. The van der Waals surface area contributed by atoms with Crippen molar-refractivity contribution in [2.24, 2.45) is 0 Å². The molecule has 3 heterocycles. The third-order valence-electron chi connectivity index (χ3n) is 4.70. The van der Waals surface area contributed by atoms with Crippen molar-refractivity contribution in [2.45, 2.75) is 19.3 Å². The van der Waals surface area contributed by atoms with Crippen molar-refractivity contribution in [3.63, 3.8) is 0 Å². The number of nitrogens with one attached hydrogen (secondary N) is 1. The van der Waals surface area contributed by atoms with Crippen molar-refractivity contribution in [1.29, 1.82) is 0 Å². The predicted octanol–water partition coefficient (Wildman–Crippen LogP) is 1.24. The van der Waals surface area contributed by atoms with E-state index in [9.17, 15) is 9.59 Å². The topological polar surface area (TPSA) is 55.9 Å². The maximum atomic E-state index is 12.2. The molecule has 132 valence electrons. The number of piperazine rings is 1. The number of likely N-dealkylation sites (tertiary alicyclic amines) is 1. The minimum atomic E-state index is 0.0112. The Kier molecular flexibility index (Phi) is 6.09. The third kappa shape index (κ3) is 4.70. The Morgan fingerprint density at radius 1 is 1.04 bits per heavy atom. The van der Waals surface area contributed by atoms with E-state index >= 15 is 0 Å². The first kappa shape index (κ1) is 17.2. The number of rotatable bonds is 5. The van der Waals surface area contributed by atoms with Crippen LogP contribution in [0.4, 0.5) is 4.79 Å². The molecule has 1 aromatic rings. The first-order valence-electron chi connectivity index (χ1n) is 8.77. The van der Waals surface area contributed by atoms with Gasteiger partial charge in [0.05, 0.1) is 6.54 Å². The molecule has 0 saturated carbocycles. The zero-order chi connectivity index (χ0) is 16.8. The minimum Gasteiger partial charge on any atom is -0.342 e. The fourth-order valence-corrected chi connectivity index (χ4v) is 3.94. The zero-order valence-corrected chi connectivity index (χ0v) is 14.9. The second kappa shape index (κ2) is 8.48. The lowest BCUT2D eigenvalue weighted by Crippen LogP contribution is -2.53. The van der Waals surface area contributed by atoms with E-state index in [2.05, 4.69) is 21.7 Å². The van der Waals surface area contributed by atoms with Crippen LogP contribution in [0, 0.1) is 0 Å². The Bertz CT molecular complexity index is 535. The maximum Gasteiger partial charge on any atom is 0.317 e. The number of carbonyl (C=O) groups excluding carboxylic acids is 2. The molecule has 0 aliphatic carbocycles. The summed E-state index contributed by atoms with van der Waals surface area (Å²) in [5.74, 6) is 0.237. The van der Waals surface area contributed by atoms with Gasteiger partial charge in [-0.15, -0.1) is 11.3 Å². The predicted molar refractivity (Wildman–Crippen MR) is 95.2 cm³/mol. The van der Waals surface area contributed by atoms with Gasteiger partial charge in [-0.25, -0.2) is 4.79 Å². The first-order chi connectivity index (χ1) is 11.7. The van der Waals surface area contributed by atoms with Gasteiger partial charge >= 0.3 is 6.03 Å². The van der Waals surface area contributed by atoms with Crippen molar-refractivity contribution in [3.05, 3.63) is 22.4 Å². The van der Waals surface area contributed by atoms with Crippen LogP contribution in [0.1, 0.15) is 17.7 Å². The van der Waals surface area contributed by atoms with Gasteiger partial charge in [0.15, 0.2) is 0 Å². The van der Waals surface area contributed by atoms with Crippen LogP contribution in [0.3, 0.4) is 0 Å². The molecule has 1 aromatic heterocycles. The normalized spacial score (nSPS) is 18.8. The van der Waals surface area contributed by atoms with Crippen LogP contribution >= 0.6 is 11.3 Å². The van der Waals surface area contributed by atoms with Gasteiger partial charge in [0.25, 0.3) is 0 Å². The van der Waals surface area contributed by atoms with E-state index in [0.717, 1.165) is 45.4 Å². The van der Waals surface area contributed by atoms with Crippen LogP contribution in [-0.4, -0.2) is 79.0 Å². The average Bonchev–Trinajstić information content (AvgIpc) is 3.29. The van der Waals surface area contributed by atoms with Crippen LogP contribution in [0.5, 0.6) is 0 Å². The minimum absolute atomic E-state index is 0.0112. The van der Waals surface area contributed by atoms with E-state index < -0.39 is 0 Å². The van der Waals surface area contributed by atoms with Gasteiger partial charge in [-0.3, -0.25) is 9.69 Å². The molecule has 2 aliphatic heterocycles. The molecule has 1 N–H and O–H groups in total. The van der Waals surface area contributed by atoms with Crippen LogP contribution in [0.2, 0.25) is 0 Å². The van der Waals surface area contributed by atoms with E-state index in [1.807, 2.05) is 15.9 Å². The second-order valence-corrected chi connectivity index (χ2v) is 7.44. The molecule has 0 spiro atoms. The smallest absolute Gasteiger partial charge is 0.317 e. The molecule has 6 nitrogen and oxygen atoms in total. The Morgan fingerprint density at radius 2 is 1.79 bits per heavy atom. The summed E-state index contributed by atoms with van der Waals surface area (Å²) in [6.45, 7) is 5.92. The quantitative estimate of drug-likeness (QED) is 0.869. The largest absolute Gasteiger partial charge is 0.342 e. The van der Waals surface area contributed by atoms with Crippen molar-refractivity contribution < 1.29 is 9.59 Å². The monoisotopic (exact) mass is 350 g/mol. The van der Waals surface area contributed by atoms with Gasteiger partial charge in [0.2, 0.25) is 5.91 Å². The Morgan fingerprint density at radius 3 is 2.46 bits per heavy atom. The summed E-state index contributed by atoms with van der Waals surface area (Å²) in [5.41, 5.74) is 0. The molecular formula is C17H26N4O2S. The molecule has 0 unspecified atom stereocenters. The number of nitrogens with zero attached hydrogens (tertiary/aromatic N) is 3. The van der Waals surface area contributed by atoms with Gasteiger partial charge in [-0.05, 0) is 30.7 Å². The van der Waals surface area contributed by atoms with Crippen molar-refractivity contribution in [2.75, 3.05) is 52.4 Å². The number of hydrogen-bond donors (Lipinski definition) is 1. The molecule has 3 amide bonds. The molecule has 0 bridgehead atoms. The number of hydrogen-bond acceptors (Lipinski definition) is 4. The summed E-state index contributed by atoms with van der Waals surface area (Å²) < 4.78 is 0. The van der Waals surface area contributed by atoms with Gasteiger partial charge in [0.1, 0.15) is 0 Å². The van der Waals surface area contributed by atoms with Gasteiger partial charge in [0, 0.05) is 50.7 Å². The molecule has 24 heavy (non-hydrogen) atoms. The zero-order valence-electron chi connectivity index (χ0n) is 14.1. The van der Waals surface area contributed by atoms with E-state index in [0.29, 0.717) is 26.2 Å². The Labute approximate surface area is 147 Å².